The van der Waals surface area contributed by atoms with Gasteiger partial charge in [0.1, 0.15) is 0 Å². The monoisotopic (exact) mass is 196 g/mol. The van der Waals surface area contributed by atoms with Crippen LogP contribution in [0.3, 0.4) is 0 Å². The highest BCUT2D eigenvalue weighted by atomic mass is 31.0. The normalized spacial score (nSPS) is 8.77. The molecule has 1 aromatic carbocycles. The summed E-state index contributed by atoms with van der Waals surface area (Å²) in [5.74, 6) is 0. The van der Waals surface area contributed by atoms with E-state index in [1.165, 1.54) is 31.8 Å². The van der Waals surface area contributed by atoms with Crippen molar-refractivity contribution < 1.29 is 0 Å². The Labute approximate surface area is 85.0 Å². The Hall–Kier alpha value is -0.350. The van der Waals surface area contributed by atoms with Crippen molar-refractivity contribution in [2.75, 3.05) is 6.16 Å². The third-order valence-corrected chi connectivity index (χ3v) is 2.13. The first-order valence-corrected chi connectivity index (χ1v) is 5.93. The van der Waals surface area contributed by atoms with Crippen LogP contribution in [0.25, 0.3) is 0 Å². The number of benzene rings is 1. The Morgan fingerprint density at radius 2 is 1.23 bits per heavy atom. The Balaban J connectivity index is 0.000000223. The van der Waals surface area contributed by atoms with E-state index in [0.717, 1.165) is 0 Å². The van der Waals surface area contributed by atoms with Gasteiger partial charge >= 0.3 is 0 Å². The molecule has 1 heteroatoms. The van der Waals surface area contributed by atoms with Crippen LogP contribution in [0.2, 0.25) is 0 Å². The van der Waals surface area contributed by atoms with Crippen molar-refractivity contribution >= 4 is 9.24 Å². The molecule has 0 radical (unpaired) electrons. The molecule has 0 aromatic heterocycles. The molecule has 1 unspecified atom stereocenters. The van der Waals surface area contributed by atoms with Crippen molar-refractivity contribution in [3.63, 3.8) is 0 Å². The van der Waals surface area contributed by atoms with Crippen LogP contribution in [0.5, 0.6) is 0 Å². The first-order valence-electron chi connectivity index (χ1n) is 5.12. The maximum absolute atomic E-state index is 2.75. The molecule has 0 bridgehead atoms. The molecule has 0 aliphatic carbocycles. The Morgan fingerprint density at radius 1 is 0.769 bits per heavy atom. The van der Waals surface area contributed by atoms with Gasteiger partial charge in [0.2, 0.25) is 0 Å². The van der Waals surface area contributed by atoms with Crippen LogP contribution in [0.15, 0.2) is 36.4 Å². The van der Waals surface area contributed by atoms with Gasteiger partial charge in [-0.2, -0.15) is 0 Å². The first kappa shape index (κ1) is 12.7. The third-order valence-electron chi connectivity index (χ3n) is 1.72. The predicted molar refractivity (Wildman–Crippen MR) is 65.2 cm³/mol. The van der Waals surface area contributed by atoms with Gasteiger partial charge in [0, 0.05) is 0 Å². The second-order valence-electron chi connectivity index (χ2n) is 3.00. The standard InChI is InChI=1S/C6H15P.C6H6/c1-2-3-4-5-6-7;1-2-4-6-5-3-1/h2-7H2,1H3;1-6H. The fraction of sp³-hybridized carbons (Fsp3) is 0.500. The third kappa shape index (κ3) is 11.7. The number of hydrogen-bond acceptors (Lipinski definition) is 0. The smallest absolute Gasteiger partial charge is 0.0381 e. The SMILES string of the molecule is CCCCCCP.c1ccccc1. The lowest BCUT2D eigenvalue weighted by Crippen LogP contribution is -1.73. The largest absolute Gasteiger partial charge is 0.138 e. The van der Waals surface area contributed by atoms with E-state index in [1.54, 1.807) is 0 Å². The molecule has 1 aromatic rings. The summed E-state index contributed by atoms with van der Waals surface area (Å²) >= 11 is 0. The van der Waals surface area contributed by atoms with Gasteiger partial charge in [-0.3, -0.25) is 0 Å². The predicted octanol–water partition coefficient (Wildman–Crippen LogP) is 4.13. The quantitative estimate of drug-likeness (QED) is 0.501. The van der Waals surface area contributed by atoms with E-state index in [2.05, 4.69) is 16.2 Å². The van der Waals surface area contributed by atoms with E-state index < -0.39 is 0 Å². The van der Waals surface area contributed by atoms with Gasteiger partial charge in [-0.15, -0.1) is 9.24 Å². The van der Waals surface area contributed by atoms with Crippen LogP contribution in [0.1, 0.15) is 32.6 Å². The first-order chi connectivity index (χ1) is 6.41. The summed E-state index contributed by atoms with van der Waals surface area (Å²) in [5.41, 5.74) is 0. The van der Waals surface area contributed by atoms with Crippen LogP contribution < -0.4 is 0 Å². The van der Waals surface area contributed by atoms with E-state index in [0.29, 0.717) is 0 Å². The van der Waals surface area contributed by atoms with Crippen LogP contribution in [-0.2, 0) is 0 Å². The molecule has 0 spiro atoms. The molecule has 0 aliphatic rings. The van der Waals surface area contributed by atoms with Crippen LogP contribution in [0.4, 0.5) is 0 Å². The summed E-state index contributed by atoms with van der Waals surface area (Å²) in [6.45, 7) is 2.24. The molecule has 0 aliphatic heterocycles. The maximum atomic E-state index is 2.75. The number of unbranched alkanes of at least 4 members (excludes halogenated alkanes) is 3. The van der Waals surface area contributed by atoms with Crippen LogP contribution >= 0.6 is 9.24 Å². The van der Waals surface area contributed by atoms with Crippen LogP contribution in [0, 0.1) is 0 Å². The van der Waals surface area contributed by atoms with E-state index >= 15 is 0 Å². The zero-order valence-electron chi connectivity index (χ0n) is 8.58. The maximum Gasteiger partial charge on any atom is -0.0381 e. The summed E-state index contributed by atoms with van der Waals surface area (Å²) in [7, 11) is 2.75. The van der Waals surface area contributed by atoms with Crippen molar-refractivity contribution in [2.24, 2.45) is 0 Å². The Kier molecular flexibility index (Phi) is 11.3. The molecule has 1 rings (SSSR count). The highest BCUT2D eigenvalue weighted by Gasteiger charge is 1.80. The Bertz CT molecular complexity index is 129. The molecule has 0 N–H and O–H groups in total. The Morgan fingerprint density at radius 3 is 1.54 bits per heavy atom. The average Bonchev–Trinajstić information content (AvgIpc) is 2.22. The molecule has 0 nitrogen and oxygen atoms in total. The van der Waals surface area contributed by atoms with Crippen molar-refractivity contribution in [3.05, 3.63) is 36.4 Å². The van der Waals surface area contributed by atoms with Gasteiger partial charge in [0.25, 0.3) is 0 Å². The lowest BCUT2D eigenvalue weighted by molar-refractivity contribution is 0.706. The number of rotatable bonds is 4. The highest BCUT2D eigenvalue weighted by molar-refractivity contribution is 7.16. The molecule has 74 valence electrons. The zero-order chi connectivity index (χ0) is 9.78. The molecule has 13 heavy (non-hydrogen) atoms. The minimum atomic E-state index is 1.28. The van der Waals surface area contributed by atoms with Gasteiger partial charge in [-0.1, -0.05) is 62.6 Å². The van der Waals surface area contributed by atoms with Crippen molar-refractivity contribution in [2.45, 2.75) is 32.6 Å². The fourth-order valence-electron chi connectivity index (χ4n) is 0.956. The summed E-state index contributed by atoms with van der Waals surface area (Å²) in [5, 5.41) is 0. The topological polar surface area (TPSA) is 0 Å². The molecule has 0 heterocycles. The summed E-state index contributed by atoms with van der Waals surface area (Å²) in [6.07, 6.45) is 6.84. The highest BCUT2D eigenvalue weighted by Crippen LogP contribution is 2.00. The van der Waals surface area contributed by atoms with Gasteiger partial charge in [0.05, 0.1) is 0 Å². The van der Waals surface area contributed by atoms with Gasteiger partial charge < -0.3 is 0 Å². The summed E-state index contributed by atoms with van der Waals surface area (Å²) in [6, 6.07) is 12.0. The molecular weight excluding hydrogens is 175 g/mol. The van der Waals surface area contributed by atoms with E-state index in [9.17, 15) is 0 Å². The van der Waals surface area contributed by atoms with Gasteiger partial charge in [-0.05, 0) is 12.6 Å². The minimum Gasteiger partial charge on any atom is -0.138 e. The fourth-order valence-corrected chi connectivity index (χ4v) is 1.24. The summed E-state index contributed by atoms with van der Waals surface area (Å²) < 4.78 is 0. The molecule has 0 fully saturated rings. The summed E-state index contributed by atoms with van der Waals surface area (Å²) in [4.78, 5) is 0. The molecule has 0 amide bonds. The van der Waals surface area contributed by atoms with E-state index in [4.69, 9.17) is 0 Å². The lowest BCUT2D eigenvalue weighted by Gasteiger charge is -1.90. The van der Waals surface area contributed by atoms with E-state index in [-0.39, 0.29) is 0 Å². The van der Waals surface area contributed by atoms with E-state index in [1.807, 2.05) is 36.4 Å². The lowest BCUT2D eigenvalue weighted by atomic mass is 10.2. The van der Waals surface area contributed by atoms with Gasteiger partial charge in [-0.25, -0.2) is 0 Å². The molecule has 0 saturated carbocycles. The average molecular weight is 196 g/mol. The molecular formula is C12H21P. The molecule has 0 saturated heterocycles. The number of hydrogen-bond donors (Lipinski definition) is 0. The second kappa shape index (κ2) is 11.6. The van der Waals surface area contributed by atoms with Gasteiger partial charge in [0.15, 0.2) is 0 Å². The minimum absolute atomic E-state index is 1.28. The van der Waals surface area contributed by atoms with Crippen molar-refractivity contribution in [1.29, 1.82) is 0 Å². The zero-order valence-corrected chi connectivity index (χ0v) is 9.73. The molecule has 1 atom stereocenters. The van der Waals surface area contributed by atoms with Crippen molar-refractivity contribution in [3.8, 4) is 0 Å². The van der Waals surface area contributed by atoms with Crippen LogP contribution in [-0.4, -0.2) is 6.16 Å². The van der Waals surface area contributed by atoms with Crippen molar-refractivity contribution in [1.82, 2.24) is 0 Å². The second-order valence-corrected chi connectivity index (χ2v) is 3.58.